The monoisotopic (exact) mass is 261 g/mol. The number of aromatic nitrogens is 2. The number of rotatable bonds is 3. The van der Waals surface area contributed by atoms with E-state index < -0.39 is 0 Å². The molecule has 1 aliphatic rings. The molecule has 2 aromatic heterocycles. The molecule has 1 aliphatic carbocycles. The third-order valence-electron chi connectivity index (χ3n) is 5.04. The molecule has 0 saturated heterocycles. The van der Waals surface area contributed by atoms with E-state index in [1.54, 1.807) is 17.7 Å². The Morgan fingerprint density at radius 3 is 2.61 bits per heavy atom. The van der Waals surface area contributed by atoms with Gasteiger partial charge in [-0.05, 0) is 28.2 Å². The molecule has 0 unspecified atom stereocenters. The average Bonchev–Trinajstić information content (AvgIpc) is 2.71. The average molecular weight is 261 g/mol. The van der Waals surface area contributed by atoms with Crippen LogP contribution in [0.1, 0.15) is 27.7 Å². The molecule has 4 heteroatoms. The van der Waals surface area contributed by atoms with Gasteiger partial charge >= 0.3 is 0 Å². The Hall–Kier alpha value is -1.16. The smallest absolute Gasteiger partial charge is 0.147 e. The fourth-order valence-electron chi connectivity index (χ4n) is 2.96. The Labute approximate surface area is 112 Å². The van der Waals surface area contributed by atoms with E-state index in [0.29, 0.717) is 16.7 Å². The maximum atomic E-state index is 4.36. The van der Waals surface area contributed by atoms with Gasteiger partial charge in [0.1, 0.15) is 12.1 Å². The summed E-state index contributed by atoms with van der Waals surface area (Å²) in [5.41, 5.74) is 1.87. The van der Waals surface area contributed by atoms with Gasteiger partial charge < -0.3 is 5.32 Å². The largest absolute Gasteiger partial charge is 0.368 e. The van der Waals surface area contributed by atoms with E-state index in [1.807, 2.05) is 6.07 Å². The van der Waals surface area contributed by atoms with Crippen LogP contribution in [0.25, 0.3) is 10.2 Å². The summed E-state index contributed by atoms with van der Waals surface area (Å²) < 4.78 is 1.16. The highest BCUT2D eigenvalue weighted by Crippen LogP contribution is 2.68. The topological polar surface area (TPSA) is 37.8 Å². The molecule has 1 N–H and O–H groups in total. The molecule has 2 heterocycles. The van der Waals surface area contributed by atoms with Gasteiger partial charge in [-0.3, -0.25) is 0 Å². The first-order valence-electron chi connectivity index (χ1n) is 6.36. The molecular formula is C14H19N3S. The van der Waals surface area contributed by atoms with Gasteiger partial charge in [-0.2, -0.15) is 0 Å². The van der Waals surface area contributed by atoms with Crippen LogP contribution in [-0.2, 0) is 0 Å². The van der Waals surface area contributed by atoms with Crippen LogP contribution in [0.15, 0.2) is 17.8 Å². The van der Waals surface area contributed by atoms with Gasteiger partial charge in [-0.25, -0.2) is 9.97 Å². The van der Waals surface area contributed by atoms with Crippen molar-refractivity contribution in [2.24, 2.45) is 16.7 Å². The minimum Gasteiger partial charge on any atom is -0.368 e. The molecule has 0 aromatic carbocycles. The van der Waals surface area contributed by atoms with Crippen molar-refractivity contribution in [1.29, 1.82) is 0 Å². The Morgan fingerprint density at radius 1 is 1.22 bits per heavy atom. The molecule has 0 aliphatic heterocycles. The Bertz CT molecular complexity index is 571. The summed E-state index contributed by atoms with van der Waals surface area (Å²) >= 11 is 1.70. The predicted molar refractivity (Wildman–Crippen MR) is 77.0 cm³/mol. The van der Waals surface area contributed by atoms with Crippen molar-refractivity contribution >= 4 is 27.4 Å². The van der Waals surface area contributed by atoms with Gasteiger partial charge in [0.15, 0.2) is 0 Å². The maximum absolute atomic E-state index is 4.36. The second kappa shape index (κ2) is 3.67. The van der Waals surface area contributed by atoms with E-state index in [9.17, 15) is 0 Å². The molecule has 3 rings (SSSR count). The molecule has 96 valence electrons. The second-order valence-electron chi connectivity index (χ2n) is 6.23. The molecule has 1 saturated carbocycles. The van der Waals surface area contributed by atoms with E-state index in [-0.39, 0.29) is 0 Å². The minimum atomic E-state index is 0.418. The second-order valence-corrected chi connectivity index (χ2v) is 7.15. The lowest BCUT2D eigenvalue weighted by atomic mass is 10.0. The molecule has 0 spiro atoms. The van der Waals surface area contributed by atoms with E-state index in [2.05, 4.69) is 48.4 Å². The molecule has 1 fully saturated rings. The zero-order chi connectivity index (χ0) is 13.0. The lowest BCUT2D eigenvalue weighted by Gasteiger charge is -2.07. The van der Waals surface area contributed by atoms with Crippen LogP contribution < -0.4 is 5.32 Å². The van der Waals surface area contributed by atoms with Crippen LogP contribution in [0.3, 0.4) is 0 Å². The van der Waals surface area contributed by atoms with Crippen molar-refractivity contribution in [3.63, 3.8) is 0 Å². The zero-order valence-corrected chi connectivity index (χ0v) is 12.1. The molecule has 2 aromatic rings. The predicted octanol–water partition coefficient (Wildman–Crippen LogP) is 3.79. The number of hydrogen-bond donors (Lipinski definition) is 1. The lowest BCUT2D eigenvalue weighted by Crippen LogP contribution is -2.09. The van der Waals surface area contributed by atoms with E-state index in [1.165, 1.54) is 0 Å². The van der Waals surface area contributed by atoms with Crippen LogP contribution in [0.4, 0.5) is 5.82 Å². The van der Waals surface area contributed by atoms with Crippen molar-refractivity contribution in [2.45, 2.75) is 27.7 Å². The molecule has 0 radical (unpaired) electrons. The van der Waals surface area contributed by atoms with E-state index in [0.717, 1.165) is 22.6 Å². The van der Waals surface area contributed by atoms with Gasteiger partial charge in [0.05, 0.1) is 10.2 Å². The van der Waals surface area contributed by atoms with Gasteiger partial charge in [-0.15, -0.1) is 11.3 Å². The van der Waals surface area contributed by atoms with Crippen LogP contribution in [-0.4, -0.2) is 16.5 Å². The highest BCUT2D eigenvalue weighted by Gasteiger charge is 2.64. The molecule has 0 atom stereocenters. The van der Waals surface area contributed by atoms with Gasteiger partial charge in [0.2, 0.25) is 0 Å². The molecule has 0 bridgehead atoms. The SMILES string of the molecule is CC1(C)C(CNc2ncnc3ccsc23)C1(C)C. The number of nitrogens with one attached hydrogen (secondary N) is 1. The Morgan fingerprint density at radius 2 is 1.94 bits per heavy atom. The number of anilines is 1. The lowest BCUT2D eigenvalue weighted by molar-refractivity contribution is 0.457. The van der Waals surface area contributed by atoms with Gasteiger partial charge in [0.25, 0.3) is 0 Å². The third kappa shape index (κ3) is 1.55. The summed E-state index contributed by atoms with van der Waals surface area (Å²) in [6, 6.07) is 2.04. The fraction of sp³-hybridized carbons (Fsp3) is 0.571. The van der Waals surface area contributed by atoms with Crippen LogP contribution in [0.5, 0.6) is 0 Å². The molecule has 18 heavy (non-hydrogen) atoms. The first-order chi connectivity index (χ1) is 8.44. The number of thiophene rings is 1. The number of nitrogens with zero attached hydrogens (tertiary/aromatic N) is 2. The van der Waals surface area contributed by atoms with Crippen molar-refractivity contribution in [3.8, 4) is 0 Å². The normalized spacial score (nSPS) is 21.1. The highest BCUT2D eigenvalue weighted by atomic mass is 32.1. The Kier molecular flexibility index (Phi) is 2.43. The Balaban J connectivity index is 1.77. The van der Waals surface area contributed by atoms with Crippen molar-refractivity contribution in [1.82, 2.24) is 9.97 Å². The van der Waals surface area contributed by atoms with Crippen LogP contribution in [0.2, 0.25) is 0 Å². The number of fused-ring (bicyclic) bond motifs is 1. The molecular weight excluding hydrogens is 242 g/mol. The quantitative estimate of drug-likeness (QED) is 0.913. The van der Waals surface area contributed by atoms with Crippen molar-refractivity contribution in [2.75, 3.05) is 11.9 Å². The summed E-state index contributed by atoms with van der Waals surface area (Å²) in [6.07, 6.45) is 1.64. The summed E-state index contributed by atoms with van der Waals surface area (Å²) in [6.45, 7) is 10.4. The maximum Gasteiger partial charge on any atom is 0.147 e. The fourth-order valence-corrected chi connectivity index (χ4v) is 3.77. The van der Waals surface area contributed by atoms with Gasteiger partial charge in [-0.1, -0.05) is 27.7 Å². The summed E-state index contributed by atoms with van der Waals surface area (Å²) in [5, 5.41) is 5.57. The third-order valence-corrected chi connectivity index (χ3v) is 5.95. The van der Waals surface area contributed by atoms with Gasteiger partial charge in [0, 0.05) is 6.54 Å². The summed E-state index contributed by atoms with van der Waals surface area (Å²) in [4.78, 5) is 8.62. The van der Waals surface area contributed by atoms with E-state index in [4.69, 9.17) is 0 Å². The summed E-state index contributed by atoms with van der Waals surface area (Å²) in [5.74, 6) is 1.68. The van der Waals surface area contributed by atoms with Crippen LogP contribution >= 0.6 is 11.3 Å². The van der Waals surface area contributed by atoms with E-state index >= 15 is 0 Å². The standard InChI is InChI=1S/C14H19N3S/c1-13(2)10(14(13,3)4)7-15-12-11-9(5-6-18-11)16-8-17-12/h5-6,8,10H,7H2,1-4H3,(H,15,16,17). The zero-order valence-electron chi connectivity index (χ0n) is 11.3. The van der Waals surface area contributed by atoms with Crippen molar-refractivity contribution < 1.29 is 0 Å². The van der Waals surface area contributed by atoms with Crippen LogP contribution in [0, 0.1) is 16.7 Å². The summed E-state index contributed by atoms with van der Waals surface area (Å²) in [7, 11) is 0. The number of hydrogen-bond acceptors (Lipinski definition) is 4. The molecule has 0 amide bonds. The minimum absolute atomic E-state index is 0.418. The first kappa shape index (κ1) is 11.9. The van der Waals surface area contributed by atoms with Crippen molar-refractivity contribution in [3.05, 3.63) is 17.8 Å². The first-order valence-corrected chi connectivity index (χ1v) is 7.24. The highest BCUT2D eigenvalue weighted by molar-refractivity contribution is 7.17. The molecule has 3 nitrogen and oxygen atoms in total.